The largest absolute Gasteiger partial charge is 0.354 e. The molecule has 128 valence electrons. The van der Waals surface area contributed by atoms with E-state index in [-0.39, 0.29) is 0 Å². The molecule has 3 heterocycles. The first-order valence-corrected chi connectivity index (χ1v) is 9.88. The number of anilines is 1. The minimum absolute atomic E-state index is 0.309. The summed E-state index contributed by atoms with van der Waals surface area (Å²) in [5, 5.41) is 0. The molecular weight excluding hydrogens is 312 g/mol. The number of sulfonamides is 1. The average molecular weight is 338 g/mol. The summed E-state index contributed by atoms with van der Waals surface area (Å²) in [5.74, 6) is 0.869. The summed E-state index contributed by atoms with van der Waals surface area (Å²) < 4.78 is 26.6. The minimum Gasteiger partial charge on any atom is -0.354 e. The summed E-state index contributed by atoms with van der Waals surface area (Å²) >= 11 is 0. The van der Waals surface area contributed by atoms with Gasteiger partial charge >= 0.3 is 0 Å². The molecule has 0 bridgehead atoms. The van der Waals surface area contributed by atoms with Crippen LogP contribution in [0, 0.1) is 0 Å². The Labute approximate surface area is 139 Å². The topological polar surface area (TPSA) is 56.8 Å². The molecule has 0 aliphatic carbocycles. The van der Waals surface area contributed by atoms with E-state index >= 15 is 0 Å². The van der Waals surface area contributed by atoms with E-state index in [0.717, 1.165) is 44.8 Å². The molecule has 0 spiro atoms. The van der Waals surface area contributed by atoms with Gasteiger partial charge in [0, 0.05) is 51.5 Å². The molecule has 0 radical (unpaired) electrons. The number of nitrogens with zero attached hydrogens (tertiary/aromatic N) is 4. The van der Waals surface area contributed by atoms with Gasteiger partial charge in [-0.25, -0.2) is 13.4 Å². The SMILES string of the molecule is CC(C)N1CCN(c2ccc(S(=O)(=O)N3CCCC3)cn2)CC1. The molecule has 2 fully saturated rings. The van der Waals surface area contributed by atoms with Crippen molar-refractivity contribution in [3.05, 3.63) is 18.3 Å². The van der Waals surface area contributed by atoms with Crippen LogP contribution in [0.1, 0.15) is 26.7 Å². The third kappa shape index (κ3) is 3.51. The summed E-state index contributed by atoms with van der Waals surface area (Å²) in [4.78, 5) is 9.40. The fraction of sp³-hybridized carbons (Fsp3) is 0.688. The number of pyridine rings is 1. The van der Waals surface area contributed by atoms with Gasteiger partial charge in [-0.1, -0.05) is 0 Å². The summed E-state index contributed by atoms with van der Waals surface area (Å²) in [6.07, 6.45) is 3.41. The van der Waals surface area contributed by atoms with Crippen molar-refractivity contribution in [3.8, 4) is 0 Å². The molecular formula is C16H26N4O2S. The Kier molecular flexibility index (Phi) is 4.89. The van der Waals surface area contributed by atoms with Crippen LogP contribution < -0.4 is 4.90 Å². The van der Waals surface area contributed by atoms with Gasteiger partial charge in [-0.15, -0.1) is 0 Å². The molecule has 0 amide bonds. The number of aromatic nitrogens is 1. The zero-order valence-corrected chi connectivity index (χ0v) is 14.8. The van der Waals surface area contributed by atoms with Crippen molar-refractivity contribution in [3.63, 3.8) is 0 Å². The fourth-order valence-corrected chi connectivity index (χ4v) is 4.72. The molecule has 0 atom stereocenters. The van der Waals surface area contributed by atoms with E-state index in [2.05, 4.69) is 28.6 Å². The lowest BCUT2D eigenvalue weighted by Gasteiger charge is -2.37. The normalized spacial score (nSPS) is 21.3. The molecule has 1 aromatic heterocycles. The molecule has 0 saturated carbocycles. The molecule has 6 nitrogen and oxygen atoms in total. The van der Waals surface area contributed by atoms with Crippen LogP contribution in [0.2, 0.25) is 0 Å². The number of hydrogen-bond acceptors (Lipinski definition) is 5. The van der Waals surface area contributed by atoms with E-state index in [9.17, 15) is 8.42 Å². The Morgan fingerprint density at radius 2 is 1.65 bits per heavy atom. The van der Waals surface area contributed by atoms with E-state index in [0.29, 0.717) is 24.0 Å². The van der Waals surface area contributed by atoms with Crippen molar-refractivity contribution in [1.82, 2.24) is 14.2 Å². The van der Waals surface area contributed by atoms with Crippen molar-refractivity contribution in [2.45, 2.75) is 37.6 Å². The molecule has 0 unspecified atom stereocenters. The maximum Gasteiger partial charge on any atom is 0.244 e. The van der Waals surface area contributed by atoms with Gasteiger partial charge in [0.1, 0.15) is 10.7 Å². The van der Waals surface area contributed by atoms with Crippen molar-refractivity contribution < 1.29 is 8.42 Å². The highest BCUT2D eigenvalue weighted by molar-refractivity contribution is 7.89. The summed E-state index contributed by atoms with van der Waals surface area (Å²) in [5.41, 5.74) is 0. The third-order valence-corrected chi connectivity index (χ3v) is 6.67. The zero-order chi connectivity index (χ0) is 16.4. The van der Waals surface area contributed by atoms with Gasteiger partial charge in [-0.3, -0.25) is 4.90 Å². The van der Waals surface area contributed by atoms with Crippen LogP contribution in [0.3, 0.4) is 0 Å². The molecule has 0 N–H and O–H groups in total. The van der Waals surface area contributed by atoms with Gasteiger partial charge < -0.3 is 4.90 Å². The van der Waals surface area contributed by atoms with Crippen LogP contribution in [0.25, 0.3) is 0 Å². The lowest BCUT2D eigenvalue weighted by atomic mass is 10.2. The van der Waals surface area contributed by atoms with Crippen LogP contribution in [-0.2, 0) is 10.0 Å². The van der Waals surface area contributed by atoms with Crippen molar-refractivity contribution in [1.29, 1.82) is 0 Å². The second-order valence-corrected chi connectivity index (χ2v) is 8.52. The van der Waals surface area contributed by atoms with E-state index in [1.807, 2.05) is 6.07 Å². The van der Waals surface area contributed by atoms with Gasteiger partial charge in [0.05, 0.1) is 0 Å². The van der Waals surface area contributed by atoms with E-state index in [1.165, 1.54) is 6.20 Å². The molecule has 2 saturated heterocycles. The zero-order valence-electron chi connectivity index (χ0n) is 14.0. The Balaban J connectivity index is 1.68. The van der Waals surface area contributed by atoms with Gasteiger partial charge in [-0.05, 0) is 38.8 Å². The van der Waals surface area contributed by atoms with E-state index in [1.54, 1.807) is 10.4 Å². The summed E-state index contributed by atoms with van der Waals surface area (Å²) in [7, 11) is -3.36. The average Bonchev–Trinajstić information content (AvgIpc) is 3.10. The summed E-state index contributed by atoms with van der Waals surface area (Å²) in [6.45, 7) is 9.59. The molecule has 23 heavy (non-hydrogen) atoms. The lowest BCUT2D eigenvalue weighted by molar-refractivity contribution is 0.209. The van der Waals surface area contributed by atoms with E-state index in [4.69, 9.17) is 0 Å². The van der Waals surface area contributed by atoms with Crippen molar-refractivity contribution >= 4 is 15.8 Å². The number of hydrogen-bond donors (Lipinski definition) is 0. The Morgan fingerprint density at radius 1 is 1.00 bits per heavy atom. The predicted molar refractivity (Wildman–Crippen MR) is 91.2 cm³/mol. The van der Waals surface area contributed by atoms with Gasteiger partial charge in [0.25, 0.3) is 0 Å². The van der Waals surface area contributed by atoms with Crippen LogP contribution in [-0.4, -0.2) is 67.9 Å². The van der Waals surface area contributed by atoms with Gasteiger partial charge in [-0.2, -0.15) is 4.31 Å². The first-order valence-electron chi connectivity index (χ1n) is 8.44. The maximum atomic E-state index is 12.5. The minimum atomic E-state index is -3.36. The highest BCUT2D eigenvalue weighted by Gasteiger charge is 2.27. The lowest BCUT2D eigenvalue weighted by Crippen LogP contribution is -2.49. The molecule has 7 heteroatoms. The molecule has 2 aliphatic heterocycles. The summed E-state index contributed by atoms with van der Waals surface area (Å²) in [6, 6.07) is 4.11. The Hall–Kier alpha value is -1.18. The highest BCUT2D eigenvalue weighted by Crippen LogP contribution is 2.22. The quantitative estimate of drug-likeness (QED) is 0.830. The molecule has 2 aliphatic rings. The molecule has 0 aromatic carbocycles. The number of piperazine rings is 1. The van der Waals surface area contributed by atoms with Crippen molar-refractivity contribution in [2.24, 2.45) is 0 Å². The van der Waals surface area contributed by atoms with Crippen molar-refractivity contribution in [2.75, 3.05) is 44.2 Å². The fourth-order valence-electron chi connectivity index (χ4n) is 3.26. The standard InChI is InChI=1S/C16H26N4O2S/c1-14(2)18-9-11-19(12-10-18)16-6-5-15(13-17-16)23(21,22)20-7-3-4-8-20/h5-6,13-14H,3-4,7-12H2,1-2H3. The first-order chi connectivity index (χ1) is 11.0. The number of rotatable bonds is 4. The third-order valence-electron chi connectivity index (χ3n) is 4.79. The maximum absolute atomic E-state index is 12.5. The van der Waals surface area contributed by atoms with Crippen LogP contribution in [0.4, 0.5) is 5.82 Å². The monoisotopic (exact) mass is 338 g/mol. The predicted octanol–water partition coefficient (Wildman–Crippen LogP) is 1.40. The second kappa shape index (κ2) is 6.75. The highest BCUT2D eigenvalue weighted by atomic mass is 32.2. The Morgan fingerprint density at radius 3 is 2.17 bits per heavy atom. The van der Waals surface area contributed by atoms with Crippen LogP contribution >= 0.6 is 0 Å². The van der Waals surface area contributed by atoms with Gasteiger partial charge in [0.2, 0.25) is 10.0 Å². The molecule has 1 aromatic rings. The van der Waals surface area contributed by atoms with E-state index < -0.39 is 10.0 Å². The Bertz CT molecular complexity index is 616. The van der Waals surface area contributed by atoms with Crippen LogP contribution in [0.5, 0.6) is 0 Å². The first kappa shape index (κ1) is 16.7. The second-order valence-electron chi connectivity index (χ2n) is 6.58. The smallest absolute Gasteiger partial charge is 0.244 e. The molecule has 3 rings (SSSR count). The van der Waals surface area contributed by atoms with Crippen LogP contribution in [0.15, 0.2) is 23.2 Å². The van der Waals surface area contributed by atoms with Gasteiger partial charge in [0.15, 0.2) is 0 Å².